The number of amides is 1. The third kappa shape index (κ3) is 2.19. The molecule has 16 heavy (non-hydrogen) atoms. The summed E-state index contributed by atoms with van der Waals surface area (Å²) in [5.41, 5.74) is 0.785. The molecular formula is C11H13BrN2O2. The van der Waals surface area contributed by atoms with Gasteiger partial charge in [0.2, 0.25) is 0 Å². The normalized spacial score (nSPS) is 20.1. The minimum Gasteiger partial charge on any atom is -0.364 e. The molecule has 4 nitrogen and oxygen atoms in total. The molecule has 0 radical (unpaired) electrons. The first-order chi connectivity index (χ1) is 7.58. The Balaban J connectivity index is 2.24. The number of pyridine rings is 1. The van der Waals surface area contributed by atoms with E-state index in [4.69, 9.17) is 0 Å². The third-order valence-corrected chi connectivity index (χ3v) is 3.45. The highest BCUT2D eigenvalue weighted by molar-refractivity contribution is 9.09. The lowest BCUT2D eigenvalue weighted by Gasteiger charge is -2.14. The predicted octanol–water partition coefficient (Wildman–Crippen LogP) is 1.29. The van der Waals surface area contributed by atoms with Crippen LogP contribution in [0.15, 0.2) is 17.1 Å². The van der Waals surface area contributed by atoms with Crippen molar-refractivity contribution in [3.05, 3.63) is 33.7 Å². The Morgan fingerprint density at radius 1 is 1.62 bits per heavy atom. The quantitative estimate of drug-likeness (QED) is 0.791. The van der Waals surface area contributed by atoms with Gasteiger partial charge in [-0.3, -0.25) is 9.59 Å². The molecule has 86 valence electrons. The number of rotatable bonds is 1. The van der Waals surface area contributed by atoms with Gasteiger partial charge in [0, 0.05) is 35.9 Å². The van der Waals surface area contributed by atoms with E-state index in [1.165, 1.54) is 12.3 Å². The molecule has 5 heteroatoms. The number of halogens is 1. The second kappa shape index (κ2) is 4.41. The zero-order valence-corrected chi connectivity index (χ0v) is 10.6. The number of aryl methyl sites for hydroxylation is 1. The molecular weight excluding hydrogens is 272 g/mol. The van der Waals surface area contributed by atoms with Crippen LogP contribution in [0, 0.1) is 6.92 Å². The average molecular weight is 285 g/mol. The van der Waals surface area contributed by atoms with Gasteiger partial charge in [0.1, 0.15) is 5.56 Å². The van der Waals surface area contributed by atoms with Crippen molar-refractivity contribution >= 4 is 21.8 Å². The van der Waals surface area contributed by atoms with Crippen molar-refractivity contribution in [3.63, 3.8) is 0 Å². The van der Waals surface area contributed by atoms with E-state index in [0.717, 1.165) is 12.1 Å². The maximum absolute atomic E-state index is 12.0. The SMILES string of the molecule is Cc1cc(=O)c(C(=O)N2CCC(Br)C2)c[nH]1. The Morgan fingerprint density at radius 3 is 2.94 bits per heavy atom. The Hall–Kier alpha value is -1.10. The lowest BCUT2D eigenvalue weighted by atomic mass is 10.2. The molecule has 1 aromatic heterocycles. The summed E-state index contributed by atoms with van der Waals surface area (Å²) in [5, 5.41) is 0. The lowest BCUT2D eigenvalue weighted by Crippen LogP contribution is -2.32. The van der Waals surface area contributed by atoms with Crippen LogP contribution < -0.4 is 5.43 Å². The predicted molar refractivity (Wildman–Crippen MR) is 65.0 cm³/mol. The van der Waals surface area contributed by atoms with E-state index in [0.29, 0.717) is 17.9 Å². The molecule has 1 amide bonds. The summed E-state index contributed by atoms with van der Waals surface area (Å²) in [4.78, 5) is 28.6. The maximum Gasteiger partial charge on any atom is 0.259 e. The van der Waals surface area contributed by atoms with Crippen molar-refractivity contribution in [2.75, 3.05) is 13.1 Å². The van der Waals surface area contributed by atoms with Crippen LogP contribution in [-0.2, 0) is 0 Å². The number of aromatic amines is 1. The molecule has 0 spiro atoms. The summed E-state index contributed by atoms with van der Waals surface area (Å²) >= 11 is 3.47. The topological polar surface area (TPSA) is 53.2 Å². The van der Waals surface area contributed by atoms with Gasteiger partial charge >= 0.3 is 0 Å². The minimum atomic E-state index is -0.209. The second-order valence-electron chi connectivity index (χ2n) is 4.03. The molecule has 0 aliphatic carbocycles. The number of H-pyrrole nitrogens is 1. The van der Waals surface area contributed by atoms with Crippen molar-refractivity contribution in [1.29, 1.82) is 0 Å². The van der Waals surface area contributed by atoms with Crippen molar-refractivity contribution in [2.45, 2.75) is 18.2 Å². The number of nitrogens with one attached hydrogen (secondary N) is 1. The van der Waals surface area contributed by atoms with E-state index < -0.39 is 0 Å². The number of nitrogens with zero attached hydrogens (tertiary/aromatic N) is 1. The zero-order valence-electron chi connectivity index (χ0n) is 9.00. The highest BCUT2D eigenvalue weighted by Gasteiger charge is 2.26. The Morgan fingerprint density at radius 2 is 2.38 bits per heavy atom. The Kier molecular flexibility index (Phi) is 3.14. The summed E-state index contributed by atoms with van der Waals surface area (Å²) in [6.45, 7) is 3.17. The monoisotopic (exact) mass is 284 g/mol. The highest BCUT2D eigenvalue weighted by atomic mass is 79.9. The minimum absolute atomic E-state index is 0.178. The van der Waals surface area contributed by atoms with Crippen molar-refractivity contribution in [3.8, 4) is 0 Å². The van der Waals surface area contributed by atoms with Crippen LogP contribution >= 0.6 is 15.9 Å². The molecule has 1 N–H and O–H groups in total. The Bertz CT molecular complexity index is 469. The summed E-state index contributed by atoms with van der Waals surface area (Å²) in [6, 6.07) is 1.45. The van der Waals surface area contributed by atoms with E-state index in [-0.39, 0.29) is 16.9 Å². The first kappa shape index (κ1) is 11.4. The van der Waals surface area contributed by atoms with E-state index in [9.17, 15) is 9.59 Å². The molecule has 1 saturated heterocycles. The molecule has 0 aromatic carbocycles. The van der Waals surface area contributed by atoms with E-state index in [1.54, 1.807) is 11.8 Å². The van der Waals surface area contributed by atoms with Gasteiger partial charge in [-0.2, -0.15) is 0 Å². The summed E-state index contributed by atoms with van der Waals surface area (Å²) in [6.07, 6.45) is 2.44. The van der Waals surface area contributed by atoms with Crippen LogP contribution in [0.2, 0.25) is 0 Å². The number of carbonyl (C=O) groups is 1. The molecule has 2 heterocycles. The molecule has 1 unspecified atom stereocenters. The average Bonchev–Trinajstić information content (AvgIpc) is 2.64. The molecule has 1 aromatic rings. The number of carbonyl (C=O) groups excluding carboxylic acids is 1. The molecule has 1 atom stereocenters. The van der Waals surface area contributed by atoms with Crippen LogP contribution in [0.5, 0.6) is 0 Å². The molecule has 0 bridgehead atoms. The fourth-order valence-electron chi connectivity index (χ4n) is 1.81. The number of aromatic nitrogens is 1. The summed E-state index contributed by atoms with van der Waals surface area (Å²) in [5.74, 6) is -0.178. The molecule has 2 rings (SSSR count). The van der Waals surface area contributed by atoms with Gasteiger partial charge in [-0.15, -0.1) is 0 Å². The van der Waals surface area contributed by atoms with Gasteiger partial charge in [-0.05, 0) is 13.3 Å². The van der Waals surface area contributed by atoms with Crippen molar-refractivity contribution < 1.29 is 4.79 Å². The van der Waals surface area contributed by atoms with Crippen LogP contribution in [-0.4, -0.2) is 33.7 Å². The number of hydrogen-bond donors (Lipinski definition) is 1. The van der Waals surface area contributed by atoms with Crippen LogP contribution in [0.25, 0.3) is 0 Å². The fraction of sp³-hybridized carbons (Fsp3) is 0.455. The maximum atomic E-state index is 12.0. The van der Waals surface area contributed by atoms with Crippen molar-refractivity contribution in [1.82, 2.24) is 9.88 Å². The standard InChI is InChI=1S/C11H13BrN2O2/c1-7-4-10(15)9(5-13-7)11(16)14-3-2-8(12)6-14/h4-5,8H,2-3,6H2,1H3,(H,13,15). The molecule has 1 aliphatic rings. The first-order valence-corrected chi connectivity index (χ1v) is 6.12. The van der Waals surface area contributed by atoms with E-state index in [2.05, 4.69) is 20.9 Å². The van der Waals surface area contributed by atoms with Crippen LogP contribution in [0.3, 0.4) is 0 Å². The first-order valence-electron chi connectivity index (χ1n) is 5.20. The third-order valence-electron chi connectivity index (χ3n) is 2.71. The van der Waals surface area contributed by atoms with Crippen LogP contribution in [0.1, 0.15) is 22.5 Å². The van der Waals surface area contributed by atoms with E-state index in [1.807, 2.05) is 0 Å². The molecule has 0 saturated carbocycles. The van der Waals surface area contributed by atoms with Gasteiger partial charge in [0.15, 0.2) is 5.43 Å². The van der Waals surface area contributed by atoms with E-state index >= 15 is 0 Å². The zero-order chi connectivity index (χ0) is 11.7. The van der Waals surface area contributed by atoms with Gasteiger partial charge < -0.3 is 9.88 Å². The molecule has 1 aliphatic heterocycles. The van der Waals surface area contributed by atoms with Gasteiger partial charge in [0.05, 0.1) is 0 Å². The summed E-state index contributed by atoms with van der Waals surface area (Å²) in [7, 11) is 0. The lowest BCUT2D eigenvalue weighted by molar-refractivity contribution is 0.0792. The van der Waals surface area contributed by atoms with Gasteiger partial charge in [0.25, 0.3) is 5.91 Å². The largest absolute Gasteiger partial charge is 0.364 e. The number of likely N-dealkylation sites (tertiary alicyclic amines) is 1. The number of alkyl halides is 1. The number of hydrogen-bond acceptors (Lipinski definition) is 2. The second-order valence-corrected chi connectivity index (χ2v) is 5.33. The fourth-order valence-corrected chi connectivity index (χ4v) is 2.37. The smallest absolute Gasteiger partial charge is 0.259 e. The van der Waals surface area contributed by atoms with Gasteiger partial charge in [-0.25, -0.2) is 0 Å². The molecule has 1 fully saturated rings. The highest BCUT2D eigenvalue weighted by Crippen LogP contribution is 2.17. The van der Waals surface area contributed by atoms with Gasteiger partial charge in [-0.1, -0.05) is 15.9 Å². The van der Waals surface area contributed by atoms with Crippen molar-refractivity contribution in [2.24, 2.45) is 0 Å². The summed E-state index contributed by atoms with van der Waals surface area (Å²) < 4.78 is 0. The Labute approximate surface area is 102 Å². The van der Waals surface area contributed by atoms with Crippen LogP contribution in [0.4, 0.5) is 0 Å².